The normalized spacial score (nSPS) is 11.4. The van der Waals surface area contributed by atoms with E-state index < -0.39 is 28.9 Å². The molecule has 0 fully saturated rings. The number of nitrogens with zero attached hydrogens (tertiary/aromatic N) is 1. The number of anilines is 1. The van der Waals surface area contributed by atoms with E-state index in [1.807, 2.05) is 0 Å². The van der Waals surface area contributed by atoms with Crippen molar-refractivity contribution in [2.45, 2.75) is 12.3 Å². The monoisotopic (exact) mass is 266 g/mol. The maximum absolute atomic E-state index is 12.6. The molecule has 0 atom stereocenters. The van der Waals surface area contributed by atoms with Crippen LogP contribution in [0.1, 0.15) is 0 Å². The number of rotatable bonds is 4. The zero-order valence-corrected chi connectivity index (χ0v) is 8.57. The fourth-order valence-corrected chi connectivity index (χ4v) is 1.01. The van der Waals surface area contributed by atoms with E-state index in [0.717, 1.165) is 24.3 Å². The Bertz CT molecular complexity index is 479. The van der Waals surface area contributed by atoms with Gasteiger partial charge in [0, 0.05) is 17.8 Å². The van der Waals surface area contributed by atoms with Crippen LogP contribution in [-0.2, 0) is 4.79 Å². The summed E-state index contributed by atoms with van der Waals surface area (Å²) >= 11 is 0. The van der Waals surface area contributed by atoms with Gasteiger partial charge in [-0.2, -0.15) is 8.78 Å². The summed E-state index contributed by atoms with van der Waals surface area (Å²) in [7, 11) is 0. The van der Waals surface area contributed by atoms with E-state index in [0.29, 0.717) is 0 Å². The third kappa shape index (κ3) is 2.93. The highest BCUT2D eigenvalue weighted by Gasteiger charge is 2.48. The average molecular weight is 266 g/mol. The van der Waals surface area contributed by atoms with Gasteiger partial charge < -0.3 is 5.32 Å². The van der Waals surface area contributed by atoms with Crippen LogP contribution in [0.15, 0.2) is 24.3 Å². The second kappa shape index (κ2) is 4.98. The fourth-order valence-electron chi connectivity index (χ4n) is 1.01. The molecule has 0 aromatic heterocycles. The summed E-state index contributed by atoms with van der Waals surface area (Å²) in [6.07, 6.45) is -4.16. The lowest BCUT2D eigenvalue weighted by Crippen LogP contribution is -2.40. The molecule has 0 aliphatic rings. The third-order valence-corrected chi connectivity index (χ3v) is 1.89. The molecule has 1 amide bonds. The number of hydrogen-bond acceptors (Lipinski definition) is 3. The van der Waals surface area contributed by atoms with Crippen LogP contribution in [-0.4, -0.2) is 23.2 Å². The maximum Gasteiger partial charge on any atom is 0.383 e. The number of carbonyl (C=O) groups is 1. The van der Waals surface area contributed by atoms with Crippen molar-refractivity contribution in [1.29, 1.82) is 0 Å². The predicted octanol–water partition coefficient (Wildman–Crippen LogP) is 2.43. The SMILES string of the molecule is O=C(Nc1cccc([N+](=O)[O-])c1)C(F)(F)C(F)F. The Morgan fingerprint density at radius 1 is 1.39 bits per heavy atom. The molecule has 18 heavy (non-hydrogen) atoms. The molecule has 98 valence electrons. The van der Waals surface area contributed by atoms with Crippen LogP contribution in [0.5, 0.6) is 0 Å². The van der Waals surface area contributed by atoms with Crippen LogP contribution in [0.3, 0.4) is 0 Å². The third-order valence-electron chi connectivity index (χ3n) is 1.89. The van der Waals surface area contributed by atoms with Crippen LogP contribution in [0.25, 0.3) is 0 Å². The van der Waals surface area contributed by atoms with Crippen molar-refractivity contribution in [3.05, 3.63) is 34.4 Å². The Hall–Kier alpha value is -2.19. The highest BCUT2D eigenvalue weighted by atomic mass is 19.3. The zero-order chi connectivity index (χ0) is 13.9. The quantitative estimate of drug-likeness (QED) is 0.516. The summed E-state index contributed by atoms with van der Waals surface area (Å²) in [6.45, 7) is 0. The lowest BCUT2D eigenvalue weighted by molar-refractivity contribution is -0.384. The van der Waals surface area contributed by atoms with Crippen molar-refractivity contribution >= 4 is 17.3 Å². The van der Waals surface area contributed by atoms with Gasteiger partial charge in [-0.15, -0.1) is 0 Å². The van der Waals surface area contributed by atoms with Gasteiger partial charge in [-0.05, 0) is 6.07 Å². The predicted molar refractivity (Wildman–Crippen MR) is 52.7 cm³/mol. The molecule has 0 aliphatic carbocycles. The lowest BCUT2D eigenvalue weighted by atomic mass is 10.2. The summed E-state index contributed by atoms with van der Waals surface area (Å²) in [4.78, 5) is 20.4. The van der Waals surface area contributed by atoms with Crippen molar-refractivity contribution in [2.75, 3.05) is 5.32 Å². The Labute approximate surface area is 97.6 Å². The summed E-state index contributed by atoms with van der Waals surface area (Å²) in [5.41, 5.74) is -0.831. The Morgan fingerprint density at radius 3 is 2.50 bits per heavy atom. The van der Waals surface area contributed by atoms with Crippen LogP contribution in [0.4, 0.5) is 28.9 Å². The van der Waals surface area contributed by atoms with Crippen LogP contribution in [0.2, 0.25) is 0 Å². The van der Waals surface area contributed by atoms with Crippen molar-refractivity contribution in [3.8, 4) is 0 Å². The number of nitrogens with one attached hydrogen (secondary N) is 1. The van der Waals surface area contributed by atoms with Gasteiger partial charge >= 0.3 is 18.3 Å². The zero-order valence-electron chi connectivity index (χ0n) is 8.57. The second-order valence-corrected chi connectivity index (χ2v) is 3.19. The molecule has 0 bridgehead atoms. The van der Waals surface area contributed by atoms with Gasteiger partial charge in [0.1, 0.15) is 0 Å². The number of benzene rings is 1. The molecule has 1 aromatic rings. The van der Waals surface area contributed by atoms with E-state index in [1.165, 1.54) is 5.32 Å². The molecule has 0 saturated carbocycles. The Morgan fingerprint density at radius 2 is 2.00 bits per heavy atom. The topological polar surface area (TPSA) is 72.2 Å². The van der Waals surface area contributed by atoms with Crippen LogP contribution < -0.4 is 5.32 Å². The van der Waals surface area contributed by atoms with Crippen molar-refractivity contribution in [2.24, 2.45) is 0 Å². The highest BCUT2D eigenvalue weighted by molar-refractivity contribution is 5.96. The Balaban J connectivity index is 2.89. The van der Waals surface area contributed by atoms with E-state index in [4.69, 9.17) is 0 Å². The van der Waals surface area contributed by atoms with E-state index in [1.54, 1.807) is 0 Å². The van der Waals surface area contributed by atoms with E-state index in [-0.39, 0.29) is 5.69 Å². The fraction of sp³-hybridized carbons (Fsp3) is 0.222. The van der Waals surface area contributed by atoms with Gasteiger partial charge in [0.25, 0.3) is 5.69 Å². The van der Waals surface area contributed by atoms with Crippen molar-refractivity contribution in [3.63, 3.8) is 0 Å². The number of halogens is 4. The number of alkyl halides is 4. The number of nitro groups is 1. The average Bonchev–Trinajstić information content (AvgIpc) is 2.28. The minimum atomic E-state index is -4.86. The molecular formula is C9H6F4N2O3. The van der Waals surface area contributed by atoms with Gasteiger partial charge in [0.2, 0.25) is 0 Å². The summed E-state index contributed by atoms with van der Waals surface area (Å²) in [6, 6.07) is 4.01. The molecule has 1 aromatic carbocycles. The van der Waals surface area contributed by atoms with Gasteiger partial charge in [-0.1, -0.05) is 6.07 Å². The van der Waals surface area contributed by atoms with E-state index in [2.05, 4.69) is 0 Å². The first-order valence-electron chi connectivity index (χ1n) is 4.47. The number of nitro benzene ring substituents is 1. The molecule has 0 heterocycles. The molecule has 0 saturated heterocycles. The largest absolute Gasteiger partial charge is 0.383 e. The summed E-state index contributed by atoms with van der Waals surface area (Å²) in [5.74, 6) is -7.08. The summed E-state index contributed by atoms with van der Waals surface area (Å²) < 4.78 is 48.9. The molecule has 1 rings (SSSR count). The van der Waals surface area contributed by atoms with Gasteiger partial charge in [0.05, 0.1) is 4.92 Å². The number of amides is 1. The Kier molecular flexibility index (Phi) is 3.84. The molecule has 5 nitrogen and oxygen atoms in total. The number of carbonyl (C=O) groups excluding carboxylic acids is 1. The van der Waals surface area contributed by atoms with E-state index in [9.17, 15) is 32.5 Å². The molecule has 9 heteroatoms. The molecule has 0 radical (unpaired) electrons. The van der Waals surface area contributed by atoms with Gasteiger partial charge in [-0.3, -0.25) is 14.9 Å². The van der Waals surface area contributed by atoms with Crippen molar-refractivity contribution in [1.82, 2.24) is 0 Å². The summed E-state index contributed by atoms with van der Waals surface area (Å²) in [5, 5.41) is 11.9. The highest BCUT2D eigenvalue weighted by Crippen LogP contribution is 2.25. The molecule has 1 N–H and O–H groups in total. The first kappa shape index (κ1) is 13.9. The molecule has 0 unspecified atom stereocenters. The first-order valence-corrected chi connectivity index (χ1v) is 4.47. The minimum absolute atomic E-state index is 0.366. The number of non-ortho nitro benzene ring substituents is 1. The first-order chi connectivity index (χ1) is 8.25. The smallest absolute Gasteiger partial charge is 0.320 e. The van der Waals surface area contributed by atoms with Gasteiger partial charge in [-0.25, -0.2) is 8.78 Å². The molecule has 0 aliphatic heterocycles. The van der Waals surface area contributed by atoms with Gasteiger partial charge in [0.15, 0.2) is 0 Å². The van der Waals surface area contributed by atoms with Crippen LogP contribution in [0, 0.1) is 10.1 Å². The standard InChI is InChI=1S/C9H6F4N2O3/c10-7(11)9(12,13)8(16)14-5-2-1-3-6(4-5)15(17)18/h1-4,7H,(H,14,16). The second-order valence-electron chi connectivity index (χ2n) is 3.19. The molecule has 0 spiro atoms. The lowest BCUT2D eigenvalue weighted by Gasteiger charge is -2.14. The minimum Gasteiger partial charge on any atom is -0.320 e. The maximum atomic E-state index is 12.6. The number of hydrogen-bond donors (Lipinski definition) is 1. The van der Waals surface area contributed by atoms with Crippen molar-refractivity contribution < 1.29 is 27.3 Å². The van der Waals surface area contributed by atoms with Crippen LogP contribution >= 0.6 is 0 Å². The van der Waals surface area contributed by atoms with E-state index >= 15 is 0 Å². The molecular weight excluding hydrogens is 260 g/mol.